The molecule has 0 saturated heterocycles. The first-order valence-electron chi connectivity index (χ1n) is 5.87. The molecule has 0 amide bonds. The van der Waals surface area contributed by atoms with Crippen molar-refractivity contribution in [3.8, 4) is 0 Å². The predicted octanol–water partition coefficient (Wildman–Crippen LogP) is 2.56. The lowest BCUT2D eigenvalue weighted by Gasteiger charge is -2.11. The van der Waals surface area contributed by atoms with E-state index in [4.69, 9.17) is 10.8 Å². The van der Waals surface area contributed by atoms with Crippen LogP contribution in [-0.2, 0) is 0 Å². The Morgan fingerprint density at radius 3 is 2.72 bits per heavy atom. The van der Waals surface area contributed by atoms with Crippen molar-refractivity contribution in [1.29, 1.82) is 0 Å². The number of carboxylic acids is 1. The number of nitrogens with one attached hydrogen (secondary N) is 1. The molecule has 1 aromatic carbocycles. The second-order valence-corrected chi connectivity index (χ2v) is 5.49. The standard InChI is InChI=1S/C13H17FN2O2/c1-13(2)5-7(13)6-16-11-3-8(12(17)18)10(15)4-9(11)14/h3-4,7,16H,5-6,15H2,1-2H3,(H,17,18). The van der Waals surface area contributed by atoms with Crippen molar-refractivity contribution < 1.29 is 14.3 Å². The van der Waals surface area contributed by atoms with Crippen molar-refractivity contribution in [2.24, 2.45) is 11.3 Å². The number of hydrogen-bond acceptors (Lipinski definition) is 3. The third kappa shape index (κ3) is 2.39. The number of anilines is 2. The third-order valence-electron chi connectivity index (χ3n) is 3.63. The minimum absolute atomic E-state index is 0.0581. The number of aromatic carboxylic acids is 1. The smallest absolute Gasteiger partial charge is 0.337 e. The van der Waals surface area contributed by atoms with E-state index in [1.165, 1.54) is 6.07 Å². The van der Waals surface area contributed by atoms with E-state index in [-0.39, 0.29) is 16.9 Å². The second-order valence-electron chi connectivity index (χ2n) is 5.49. The summed E-state index contributed by atoms with van der Waals surface area (Å²) in [7, 11) is 0. The maximum Gasteiger partial charge on any atom is 0.337 e. The van der Waals surface area contributed by atoms with Gasteiger partial charge in [-0.2, -0.15) is 0 Å². The average molecular weight is 252 g/mol. The van der Waals surface area contributed by atoms with Crippen molar-refractivity contribution in [3.63, 3.8) is 0 Å². The summed E-state index contributed by atoms with van der Waals surface area (Å²) in [5.41, 5.74) is 5.82. The SMILES string of the molecule is CC1(C)CC1CNc1cc(C(=O)O)c(N)cc1F. The normalized spacial score (nSPS) is 20.5. The lowest BCUT2D eigenvalue weighted by atomic mass is 10.1. The Morgan fingerprint density at radius 1 is 1.61 bits per heavy atom. The Balaban J connectivity index is 2.12. The lowest BCUT2D eigenvalue weighted by Crippen LogP contribution is -2.11. The van der Waals surface area contributed by atoms with E-state index in [2.05, 4.69) is 19.2 Å². The van der Waals surface area contributed by atoms with Crippen LogP contribution in [0.1, 0.15) is 30.6 Å². The van der Waals surface area contributed by atoms with E-state index in [9.17, 15) is 9.18 Å². The highest BCUT2D eigenvalue weighted by atomic mass is 19.1. The first kappa shape index (κ1) is 12.7. The Labute approximate surface area is 105 Å². The molecule has 0 aliphatic heterocycles. The van der Waals surface area contributed by atoms with E-state index in [0.29, 0.717) is 17.9 Å². The van der Waals surface area contributed by atoms with Gasteiger partial charge in [0.25, 0.3) is 0 Å². The number of nitrogen functional groups attached to an aromatic ring is 1. The molecule has 1 aliphatic rings. The molecule has 18 heavy (non-hydrogen) atoms. The average Bonchev–Trinajstić information content (AvgIpc) is 2.84. The van der Waals surface area contributed by atoms with Crippen molar-refractivity contribution in [1.82, 2.24) is 0 Å². The summed E-state index contributed by atoms with van der Waals surface area (Å²) < 4.78 is 13.6. The minimum atomic E-state index is -1.15. The molecule has 1 saturated carbocycles. The fourth-order valence-corrected chi connectivity index (χ4v) is 2.07. The molecular weight excluding hydrogens is 235 g/mol. The Morgan fingerprint density at radius 2 is 2.22 bits per heavy atom. The first-order valence-corrected chi connectivity index (χ1v) is 5.87. The van der Waals surface area contributed by atoms with Gasteiger partial charge < -0.3 is 16.2 Å². The molecule has 0 radical (unpaired) electrons. The van der Waals surface area contributed by atoms with Gasteiger partial charge in [-0.15, -0.1) is 0 Å². The summed E-state index contributed by atoms with van der Waals surface area (Å²) in [5, 5.41) is 11.9. The van der Waals surface area contributed by atoms with Crippen molar-refractivity contribution in [2.75, 3.05) is 17.6 Å². The van der Waals surface area contributed by atoms with Gasteiger partial charge in [0.1, 0.15) is 5.82 Å². The molecule has 2 rings (SSSR count). The largest absolute Gasteiger partial charge is 0.478 e. The van der Waals surface area contributed by atoms with Crippen LogP contribution in [0.4, 0.5) is 15.8 Å². The molecule has 5 heteroatoms. The zero-order valence-electron chi connectivity index (χ0n) is 10.5. The van der Waals surface area contributed by atoms with Crippen molar-refractivity contribution in [3.05, 3.63) is 23.5 Å². The number of rotatable bonds is 4. The fraction of sp³-hybridized carbons (Fsp3) is 0.462. The van der Waals surface area contributed by atoms with E-state index in [1.807, 2.05) is 0 Å². The highest BCUT2D eigenvalue weighted by Crippen LogP contribution is 2.51. The zero-order chi connectivity index (χ0) is 13.5. The van der Waals surface area contributed by atoms with Gasteiger partial charge in [-0.05, 0) is 29.9 Å². The molecule has 0 spiro atoms. The molecule has 0 aromatic heterocycles. The highest BCUT2D eigenvalue weighted by Gasteiger charge is 2.45. The van der Waals surface area contributed by atoms with Gasteiger partial charge >= 0.3 is 5.97 Å². The van der Waals surface area contributed by atoms with Crippen LogP contribution in [0.25, 0.3) is 0 Å². The fourth-order valence-electron chi connectivity index (χ4n) is 2.07. The molecule has 4 nitrogen and oxygen atoms in total. The molecule has 1 aliphatic carbocycles. The van der Waals surface area contributed by atoms with Gasteiger partial charge in [0.2, 0.25) is 0 Å². The molecule has 1 aromatic rings. The van der Waals surface area contributed by atoms with Crippen LogP contribution in [0, 0.1) is 17.2 Å². The topological polar surface area (TPSA) is 75.3 Å². The monoisotopic (exact) mass is 252 g/mol. The van der Waals surface area contributed by atoms with Crippen LogP contribution < -0.4 is 11.1 Å². The summed E-state index contributed by atoms with van der Waals surface area (Å²) in [5.74, 6) is -1.17. The van der Waals surface area contributed by atoms with Crippen LogP contribution in [0.5, 0.6) is 0 Å². The second kappa shape index (κ2) is 4.15. The molecule has 0 heterocycles. The summed E-state index contributed by atoms with van der Waals surface area (Å²) in [4.78, 5) is 10.9. The predicted molar refractivity (Wildman–Crippen MR) is 68.1 cm³/mol. The number of hydrogen-bond donors (Lipinski definition) is 3. The molecular formula is C13H17FN2O2. The summed E-state index contributed by atoms with van der Waals surface area (Å²) >= 11 is 0. The first-order chi connectivity index (χ1) is 8.31. The maximum atomic E-state index is 13.6. The number of halogens is 1. The van der Waals surface area contributed by atoms with Crippen molar-refractivity contribution in [2.45, 2.75) is 20.3 Å². The number of carboxylic acid groups (broad SMARTS) is 1. The number of benzene rings is 1. The minimum Gasteiger partial charge on any atom is -0.478 e. The van der Waals surface area contributed by atoms with Gasteiger partial charge in [0.15, 0.2) is 0 Å². The van der Waals surface area contributed by atoms with Crippen LogP contribution in [0.3, 0.4) is 0 Å². The quantitative estimate of drug-likeness (QED) is 0.720. The van der Waals surface area contributed by atoms with E-state index < -0.39 is 11.8 Å². The molecule has 1 atom stereocenters. The van der Waals surface area contributed by atoms with Crippen LogP contribution in [-0.4, -0.2) is 17.6 Å². The third-order valence-corrected chi connectivity index (χ3v) is 3.63. The Bertz CT molecular complexity index is 500. The van der Waals surface area contributed by atoms with Crippen LogP contribution in [0.15, 0.2) is 12.1 Å². The van der Waals surface area contributed by atoms with Gasteiger partial charge in [0, 0.05) is 12.2 Å². The Hall–Kier alpha value is -1.78. The molecule has 0 bridgehead atoms. The molecule has 1 unspecified atom stereocenters. The van der Waals surface area contributed by atoms with E-state index in [1.54, 1.807) is 0 Å². The zero-order valence-corrected chi connectivity index (χ0v) is 10.5. The van der Waals surface area contributed by atoms with Crippen molar-refractivity contribution >= 4 is 17.3 Å². The lowest BCUT2D eigenvalue weighted by molar-refractivity contribution is 0.0698. The van der Waals surface area contributed by atoms with Gasteiger partial charge in [-0.25, -0.2) is 9.18 Å². The van der Waals surface area contributed by atoms with Crippen LogP contribution >= 0.6 is 0 Å². The van der Waals surface area contributed by atoms with Crippen LogP contribution in [0.2, 0.25) is 0 Å². The van der Waals surface area contributed by atoms with E-state index >= 15 is 0 Å². The number of nitrogens with two attached hydrogens (primary N) is 1. The summed E-state index contributed by atoms with van der Waals surface area (Å²) in [6, 6.07) is 2.30. The maximum absolute atomic E-state index is 13.6. The van der Waals surface area contributed by atoms with Gasteiger partial charge in [0.05, 0.1) is 11.3 Å². The van der Waals surface area contributed by atoms with Gasteiger partial charge in [-0.1, -0.05) is 13.8 Å². The summed E-state index contributed by atoms with van der Waals surface area (Å²) in [6.45, 7) is 4.95. The number of carbonyl (C=O) groups is 1. The summed E-state index contributed by atoms with van der Waals surface area (Å²) in [6.07, 6.45) is 1.10. The molecule has 1 fully saturated rings. The molecule has 98 valence electrons. The van der Waals surface area contributed by atoms with E-state index in [0.717, 1.165) is 12.5 Å². The van der Waals surface area contributed by atoms with Gasteiger partial charge in [-0.3, -0.25) is 0 Å². The molecule has 4 N–H and O–H groups in total. The Kier molecular flexibility index (Phi) is 2.92. The highest BCUT2D eigenvalue weighted by molar-refractivity contribution is 5.94.